The van der Waals surface area contributed by atoms with Crippen molar-refractivity contribution in [3.8, 4) is 5.75 Å². The molecule has 0 aliphatic rings. The summed E-state index contributed by atoms with van der Waals surface area (Å²) in [6.45, 7) is 3.67. The smallest absolute Gasteiger partial charge is 0.303 e. The summed E-state index contributed by atoms with van der Waals surface area (Å²) in [4.78, 5) is 10.5. The summed E-state index contributed by atoms with van der Waals surface area (Å²) in [5.41, 5.74) is 2.33. The largest absolute Gasteiger partial charge is 0.496 e. The number of benzene rings is 1. The second-order valence-electron chi connectivity index (χ2n) is 4.26. The Morgan fingerprint density at radius 3 is 2.67 bits per heavy atom. The summed E-state index contributed by atoms with van der Waals surface area (Å²) in [5.74, 6) is -0.537. The lowest BCUT2D eigenvalue weighted by molar-refractivity contribution is -0.137. The molecule has 0 aromatic heterocycles. The van der Waals surface area contributed by atoms with Gasteiger partial charge in [-0.2, -0.15) is 0 Å². The molecule has 3 nitrogen and oxygen atoms in total. The van der Waals surface area contributed by atoms with E-state index in [0.717, 1.165) is 17.5 Å². The highest BCUT2D eigenvalue weighted by atomic mass is 19.1. The molecule has 0 radical (unpaired) electrons. The van der Waals surface area contributed by atoms with Crippen LogP contribution in [0.5, 0.6) is 5.75 Å². The average Bonchev–Trinajstić information content (AvgIpc) is 2.32. The van der Waals surface area contributed by atoms with E-state index in [1.165, 1.54) is 13.2 Å². The molecule has 0 amide bonds. The van der Waals surface area contributed by atoms with Crippen LogP contribution in [-0.2, 0) is 17.6 Å². The molecule has 0 heterocycles. The van der Waals surface area contributed by atoms with Gasteiger partial charge < -0.3 is 9.84 Å². The summed E-state index contributed by atoms with van der Waals surface area (Å²) in [7, 11) is 1.53. The quantitative estimate of drug-likeness (QED) is 0.848. The number of ether oxygens (including phenoxy) is 1. The normalized spacial score (nSPS) is 10.4. The van der Waals surface area contributed by atoms with Crippen LogP contribution in [-0.4, -0.2) is 18.2 Å². The zero-order chi connectivity index (χ0) is 13.7. The SMILES string of the molecule is CCc1c(CCCC(=O)O)cc(F)c(C)c1OC. The Labute approximate surface area is 107 Å². The van der Waals surface area contributed by atoms with E-state index in [1.54, 1.807) is 6.92 Å². The first kappa shape index (κ1) is 14.5. The molecule has 1 aromatic rings. The third-order valence-corrected chi connectivity index (χ3v) is 3.06. The molecule has 0 aliphatic heterocycles. The number of methoxy groups -OCH3 is 1. The standard InChI is InChI=1S/C14H19FO3/c1-4-11-10(6-5-7-13(16)17)8-12(15)9(2)14(11)18-3/h8H,4-7H2,1-3H3,(H,16,17). The predicted octanol–water partition coefficient (Wildman–Crippen LogP) is 3.11. The lowest BCUT2D eigenvalue weighted by atomic mass is 9.96. The molecular weight excluding hydrogens is 235 g/mol. The molecule has 4 heteroatoms. The van der Waals surface area contributed by atoms with Gasteiger partial charge in [-0.15, -0.1) is 0 Å². The van der Waals surface area contributed by atoms with Gasteiger partial charge in [0.25, 0.3) is 0 Å². The van der Waals surface area contributed by atoms with Gasteiger partial charge in [0.1, 0.15) is 11.6 Å². The van der Waals surface area contributed by atoms with Crippen molar-refractivity contribution in [1.82, 2.24) is 0 Å². The Hall–Kier alpha value is -1.58. The van der Waals surface area contributed by atoms with E-state index in [2.05, 4.69) is 0 Å². The van der Waals surface area contributed by atoms with Crippen LogP contribution in [0.1, 0.15) is 36.5 Å². The summed E-state index contributed by atoms with van der Waals surface area (Å²) in [6.07, 6.45) is 1.91. The fourth-order valence-corrected chi connectivity index (χ4v) is 2.15. The van der Waals surface area contributed by atoms with Crippen molar-refractivity contribution in [1.29, 1.82) is 0 Å². The van der Waals surface area contributed by atoms with Crippen LogP contribution in [0.25, 0.3) is 0 Å². The summed E-state index contributed by atoms with van der Waals surface area (Å²) < 4.78 is 19.0. The lowest BCUT2D eigenvalue weighted by Crippen LogP contribution is -2.04. The minimum absolute atomic E-state index is 0.0982. The van der Waals surface area contributed by atoms with E-state index in [1.807, 2.05) is 6.92 Å². The molecule has 0 bridgehead atoms. The van der Waals surface area contributed by atoms with Crippen molar-refractivity contribution in [3.05, 3.63) is 28.6 Å². The maximum atomic E-state index is 13.7. The Kier molecular flexibility index (Phi) is 5.13. The Balaban J connectivity index is 3.03. The molecule has 0 saturated carbocycles. The van der Waals surface area contributed by atoms with Crippen molar-refractivity contribution < 1.29 is 19.0 Å². The van der Waals surface area contributed by atoms with Crippen LogP contribution in [0, 0.1) is 12.7 Å². The maximum absolute atomic E-state index is 13.7. The molecule has 0 saturated heterocycles. The first-order valence-electron chi connectivity index (χ1n) is 6.07. The number of carbonyl (C=O) groups is 1. The first-order valence-corrected chi connectivity index (χ1v) is 6.07. The number of halogens is 1. The number of aryl methyl sites for hydroxylation is 1. The molecule has 1 N–H and O–H groups in total. The molecule has 18 heavy (non-hydrogen) atoms. The average molecular weight is 254 g/mol. The van der Waals surface area contributed by atoms with Gasteiger partial charge >= 0.3 is 5.97 Å². The van der Waals surface area contributed by atoms with Gasteiger partial charge in [0.15, 0.2) is 0 Å². The van der Waals surface area contributed by atoms with Crippen LogP contribution < -0.4 is 4.74 Å². The second kappa shape index (κ2) is 6.38. The Morgan fingerprint density at radius 2 is 2.17 bits per heavy atom. The van der Waals surface area contributed by atoms with Crippen molar-refractivity contribution in [2.24, 2.45) is 0 Å². The van der Waals surface area contributed by atoms with Crippen molar-refractivity contribution in [3.63, 3.8) is 0 Å². The third-order valence-electron chi connectivity index (χ3n) is 3.06. The highest BCUT2D eigenvalue weighted by Gasteiger charge is 2.15. The van der Waals surface area contributed by atoms with Crippen LogP contribution >= 0.6 is 0 Å². The van der Waals surface area contributed by atoms with Crippen LogP contribution in [0.15, 0.2) is 6.07 Å². The monoisotopic (exact) mass is 254 g/mol. The van der Waals surface area contributed by atoms with E-state index in [4.69, 9.17) is 9.84 Å². The van der Waals surface area contributed by atoms with E-state index in [-0.39, 0.29) is 12.2 Å². The highest BCUT2D eigenvalue weighted by molar-refractivity contribution is 5.66. The number of aliphatic carboxylic acids is 1. The molecule has 0 spiro atoms. The van der Waals surface area contributed by atoms with Gasteiger partial charge in [0, 0.05) is 12.0 Å². The van der Waals surface area contributed by atoms with Crippen LogP contribution in [0.4, 0.5) is 4.39 Å². The maximum Gasteiger partial charge on any atom is 0.303 e. The van der Waals surface area contributed by atoms with Gasteiger partial charge in [0.2, 0.25) is 0 Å². The Morgan fingerprint density at radius 1 is 1.50 bits per heavy atom. The molecule has 0 aliphatic carbocycles. The summed E-state index contributed by atoms with van der Waals surface area (Å²) in [5, 5.41) is 8.62. The summed E-state index contributed by atoms with van der Waals surface area (Å²) in [6, 6.07) is 1.50. The highest BCUT2D eigenvalue weighted by Crippen LogP contribution is 2.30. The number of carboxylic acid groups (broad SMARTS) is 1. The van der Waals surface area contributed by atoms with E-state index >= 15 is 0 Å². The van der Waals surface area contributed by atoms with Crippen molar-refractivity contribution >= 4 is 5.97 Å². The number of carboxylic acids is 1. The fourth-order valence-electron chi connectivity index (χ4n) is 2.15. The molecule has 0 atom stereocenters. The molecule has 1 rings (SSSR count). The molecule has 0 unspecified atom stereocenters. The predicted molar refractivity (Wildman–Crippen MR) is 67.6 cm³/mol. The van der Waals surface area contributed by atoms with Gasteiger partial charge in [-0.3, -0.25) is 4.79 Å². The minimum Gasteiger partial charge on any atom is -0.496 e. The second-order valence-corrected chi connectivity index (χ2v) is 4.26. The van der Waals surface area contributed by atoms with Crippen molar-refractivity contribution in [2.45, 2.75) is 39.5 Å². The minimum atomic E-state index is -0.826. The number of rotatable bonds is 6. The topological polar surface area (TPSA) is 46.5 Å². The van der Waals surface area contributed by atoms with E-state index < -0.39 is 5.97 Å². The van der Waals surface area contributed by atoms with E-state index in [9.17, 15) is 9.18 Å². The van der Waals surface area contributed by atoms with Gasteiger partial charge in [0.05, 0.1) is 7.11 Å². The number of hydrogen-bond donors (Lipinski definition) is 1. The molecular formula is C14H19FO3. The van der Waals surface area contributed by atoms with Gasteiger partial charge in [-0.05, 0) is 43.4 Å². The van der Waals surface area contributed by atoms with E-state index in [0.29, 0.717) is 24.2 Å². The van der Waals surface area contributed by atoms with Crippen LogP contribution in [0.2, 0.25) is 0 Å². The van der Waals surface area contributed by atoms with Crippen LogP contribution in [0.3, 0.4) is 0 Å². The molecule has 100 valence electrons. The Bertz CT molecular complexity index is 441. The molecule has 1 aromatic carbocycles. The summed E-state index contributed by atoms with van der Waals surface area (Å²) >= 11 is 0. The third kappa shape index (κ3) is 3.22. The number of hydrogen-bond acceptors (Lipinski definition) is 2. The van der Waals surface area contributed by atoms with Gasteiger partial charge in [-0.1, -0.05) is 6.92 Å². The molecule has 0 fully saturated rings. The van der Waals surface area contributed by atoms with Gasteiger partial charge in [-0.25, -0.2) is 4.39 Å². The lowest BCUT2D eigenvalue weighted by Gasteiger charge is -2.15. The zero-order valence-corrected chi connectivity index (χ0v) is 11.0. The first-order chi connectivity index (χ1) is 8.51. The fraction of sp³-hybridized carbons (Fsp3) is 0.500. The zero-order valence-electron chi connectivity index (χ0n) is 11.0. The van der Waals surface area contributed by atoms with Crippen molar-refractivity contribution in [2.75, 3.05) is 7.11 Å².